The van der Waals surface area contributed by atoms with Crippen molar-refractivity contribution in [2.45, 2.75) is 0 Å². The van der Waals surface area contributed by atoms with Gasteiger partial charge in [-0.1, -0.05) is 109 Å². The van der Waals surface area contributed by atoms with Crippen LogP contribution >= 0.6 is 0 Å². The Kier molecular flexibility index (Phi) is 4.93. The highest BCUT2D eigenvalue weighted by Gasteiger charge is 2.24. The van der Waals surface area contributed by atoms with Crippen LogP contribution in [-0.2, 0) is 0 Å². The molecule has 2 nitrogen and oxygen atoms in total. The predicted molar refractivity (Wildman–Crippen MR) is 175 cm³/mol. The van der Waals surface area contributed by atoms with E-state index < -0.39 is 0 Å². The molecule has 0 saturated heterocycles. The van der Waals surface area contributed by atoms with E-state index in [9.17, 15) is 0 Å². The van der Waals surface area contributed by atoms with Crippen molar-refractivity contribution in [3.8, 4) is 55.9 Å². The Morgan fingerprint density at radius 2 is 1.00 bits per heavy atom. The topological polar surface area (TPSA) is 25.8 Å². The van der Waals surface area contributed by atoms with Crippen molar-refractivity contribution in [2.75, 3.05) is 0 Å². The maximum atomic E-state index is 4.45. The van der Waals surface area contributed by atoms with Gasteiger partial charge in [-0.25, -0.2) is 9.97 Å². The molecular weight excluding hydrogens is 508 g/mol. The van der Waals surface area contributed by atoms with Gasteiger partial charge in [0.2, 0.25) is 0 Å². The summed E-state index contributed by atoms with van der Waals surface area (Å²) in [6.07, 6.45) is 3.58. The van der Waals surface area contributed by atoms with Gasteiger partial charge < -0.3 is 0 Å². The maximum absolute atomic E-state index is 4.45. The Balaban J connectivity index is 1.25. The molecule has 0 atom stereocenters. The van der Waals surface area contributed by atoms with Crippen molar-refractivity contribution in [3.05, 3.63) is 146 Å². The van der Waals surface area contributed by atoms with Crippen molar-refractivity contribution in [2.24, 2.45) is 0 Å². The van der Waals surface area contributed by atoms with E-state index in [0.717, 1.165) is 11.4 Å². The van der Waals surface area contributed by atoms with Crippen LogP contribution in [0.5, 0.6) is 0 Å². The average molecular weight is 533 g/mol. The molecule has 9 rings (SSSR count). The first-order chi connectivity index (χ1) is 20.8. The summed E-state index contributed by atoms with van der Waals surface area (Å²) in [5, 5.41) is 7.66. The molecule has 0 unspecified atom stereocenters. The molecule has 194 valence electrons. The van der Waals surface area contributed by atoms with Crippen LogP contribution in [0.15, 0.2) is 146 Å². The van der Waals surface area contributed by atoms with Crippen LogP contribution in [0.3, 0.4) is 0 Å². The van der Waals surface area contributed by atoms with E-state index in [0.29, 0.717) is 0 Å². The standard InChI is InChI=1S/C40H24N2/c1-2-12-32-28(8-1)24-37-35-14-4-3-13-34(35)36-19-18-33(38(32)39(36)37)27-10-5-9-25(22-27)30-15-6-11-26-23-29(16-17-31(26)30)40-41-20-7-21-42-40/h1-24H. The zero-order chi connectivity index (χ0) is 27.6. The van der Waals surface area contributed by atoms with Crippen LogP contribution < -0.4 is 0 Å². The third-order valence-corrected chi connectivity index (χ3v) is 8.70. The molecular formula is C40H24N2. The smallest absolute Gasteiger partial charge is 0.159 e. The molecule has 1 heterocycles. The molecule has 2 heteroatoms. The van der Waals surface area contributed by atoms with Gasteiger partial charge in [0.25, 0.3) is 0 Å². The summed E-state index contributed by atoms with van der Waals surface area (Å²) in [6, 6.07) is 48.5. The van der Waals surface area contributed by atoms with Gasteiger partial charge in [0.1, 0.15) is 0 Å². The van der Waals surface area contributed by atoms with Crippen LogP contribution in [-0.4, -0.2) is 9.97 Å². The van der Waals surface area contributed by atoms with Gasteiger partial charge in [0.15, 0.2) is 5.82 Å². The average Bonchev–Trinajstić information content (AvgIpc) is 3.39. The van der Waals surface area contributed by atoms with E-state index in [4.69, 9.17) is 0 Å². The van der Waals surface area contributed by atoms with Crippen molar-refractivity contribution < 1.29 is 0 Å². The van der Waals surface area contributed by atoms with Crippen molar-refractivity contribution >= 4 is 32.3 Å². The minimum absolute atomic E-state index is 0.744. The Hall–Kier alpha value is -5.60. The number of hydrogen-bond acceptors (Lipinski definition) is 2. The van der Waals surface area contributed by atoms with Crippen molar-refractivity contribution in [1.29, 1.82) is 0 Å². The van der Waals surface area contributed by atoms with E-state index in [1.54, 1.807) is 12.4 Å². The molecule has 8 aromatic rings. The summed E-state index contributed by atoms with van der Waals surface area (Å²) in [5.74, 6) is 0.744. The van der Waals surface area contributed by atoms with Gasteiger partial charge in [0.05, 0.1) is 0 Å². The maximum Gasteiger partial charge on any atom is 0.159 e. The first-order valence-corrected chi connectivity index (χ1v) is 14.3. The summed E-state index contributed by atoms with van der Waals surface area (Å²) in [4.78, 5) is 8.89. The van der Waals surface area contributed by atoms with Crippen molar-refractivity contribution in [3.63, 3.8) is 0 Å². The number of rotatable bonds is 3. The van der Waals surface area contributed by atoms with Gasteiger partial charge in [0, 0.05) is 18.0 Å². The number of aromatic nitrogens is 2. The third-order valence-electron chi connectivity index (χ3n) is 8.70. The normalized spacial score (nSPS) is 11.8. The second-order valence-electron chi connectivity index (χ2n) is 11.0. The number of benzene rings is 7. The van der Waals surface area contributed by atoms with Crippen LogP contribution in [0.25, 0.3) is 88.2 Å². The Morgan fingerprint density at radius 1 is 0.333 bits per heavy atom. The molecule has 0 bridgehead atoms. The minimum Gasteiger partial charge on any atom is -0.237 e. The number of nitrogens with zero attached hydrogens (tertiary/aromatic N) is 2. The molecule has 7 aromatic carbocycles. The Labute approximate surface area is 243 Å². The van der Waals surface area contributed by atoms with E-state index in [-0.39, 0.29) is 0 Å². The zero-order valence-electron chi connectivity index (χ0n) is 22.8. The lowest BCUT2D eigenvalue weighted by Gasteiger charge is -2.15. The quantitative estimate of drug-likeness (QED) is 0.212. The first kappa shape index (κ1) is 23.1. The lowest BCUT2D eigenvalue weighted by Crippen LogP contribution is -1.89. The molecule has 1 aromatic heterocycles. The first-order valence-electron chi connectivity index (χ1n) is 14.3. The zero-order valence-corrected chi connectivity index (χ0v) is 22.8. The van der Waals surface area contributed by atoms with Crippen LogP contribution in [0.2, 0.25) is 0 Å². The molecule has 0 aliphatic heterocycles. The molecule has 42 heavy (non-hydrogen) atoms. The van der Waals surface area contributed by atoms with E-state index in [1.165, 1.54) is 76.8 Å². The summed E-state index contributed by atoms with van der Waals surface area (Å²) in [6.45, 7) is 0. The summed E-state index contributed by atoms with van der Waals surface area (Å²) in [7, 11) is 0. The SMILES string of the molecule is c1cnc(-c2ccc3c(-c4cccc(-c5ccc6c7c(cc8ccccc8c57)-c5ccccc5-6)c4)cccc3c2)nc1. The number of hydrogen-bond donors (Lipinski definition) is 0. The van der Waals surface area contributed by atoms with Gasteiger partial charge >= 0.3 is 0 Å². The predicted octanol–water partition coefficient (Wildman–Crippen LogP) is 10.6. The van der Waals surface area contributed by atoms with Crippen LogP contribution in [0.1, 0.15) is 0 Å². The van der Waals surface area contributed by atoms with Gasteiger partial charge in [-0.3, -0.25) is 0 Å². The lowest BCUT2D eigenvalue weighted by molar-refractivity contribution is 1.18. The molecule has 1 aliphatic carbocycles. The molecule has 0 radical (unpaired) electrons. The summed E-state index contributed by atoms with van der Waals surface area (Å²) < 4.78 is 0. The molecule has 0 spiro atoms. The second-order valence-corrected chi connectivity index (χ2v) is 11.0. The summed E-state index contributed by atoms with van der Waals surface area (Å²) >= 11 is 0. The second kappa shape index (κ2) is 8.95. The van der Waals surface area contributed by atoms with Crippen LogP contribution in [0, 0.1) is 0 Å². The molecule has 1 aliphatic rings. The van der Waals surface area contributed by atoms with Gasteiger partial charge in [-0.2, -0.15) is 0 Å². The fourth-order valence-corrected chi connectivity index (χ4v) is 6.85. The highest BCUT2D eigenvalue weighted by Crippen LogP contribution is 2.51. The van der Waals surface area contributed by atoms with E-state index in [2.05, 4.69) is 137 Å². The van der Waals surface area contributed by atoms with Gasteiger partial charge in [-0.05, 0) is 101 Å². The lowest BCUT2D eigenvalue weighted by atomic mass is 9.89. The number of fused-ring (bicyclic) bond motifs is 6. The Morgan fingerprint density at radius 3 is 1.88 bits per heavy atom. The third kappa shape index (κ3) is 3.39. The Bertz CT molecular complexity index is 2350. The monoisotopic (exact) mass is 532 g/mol. The van der Waals surface area contributed by atoms with Crippen molar-refractivity contribution in [1.82, 2.24) is 9.97 Å². The highest BCUT2D eigenvalue weighted by molar-refractivity contribution is 6.27. The fraction of sp³-hybridized carbons (Fsp3) is 0. The van der Waals surface area contributed by atoms with Crippen LogP contribution in [0.4, 0.5) is 0 Å². The fourth-order valence-electron chi connectivity index (χ4n) is 6.85. The van der Waals surface area contributed by atoms with E-state index in [1.807, 2.05) is 6.07 Å². The minimum atomic E-state index is 0.744. The molecule has 0 saturated carbocycles. The highest BCUT2D eigenvalue weighted by atomic mass is 14.8. The molecule has 0 N–H and O–H groups in total. The van der Waals surface area contributed by atoms with Gasteiger partial charge in [-0.15, -0.1) is 0 Å². The summed E-state index contributed by atoms with van der Waals surface area (Å²) in [5.41, 5.74) is 11.3. The van der Waals surface area contributed by atoms with E-state index >= 15 is 0 Å². The molecule has 0 amide bonds. The molecule has 0 fully saturated rings. The largest absolute Gasteiger partial charge is 0.237 e.